The van der Waals surface area contributed by atoms with Gasteiger partial charge in [-0.05, 0) is 6.92 Å². The van der Waals surface area contributed by atoms with Crippen molar-refractivity contribution in [2.75, 3.05) is 0 Å². The number of alkyl halides is 1. The van der Waals surface area contributed by atoms with Gasteiger partial charge in [0.05, 0.1) is 0 Å². The Labute approximate surface area is 77.9 Å². The van der Waals surface area contributed by atoms with Crippen LogP contribution in [0.4, 0.5) is 14.0 Å². The van der Waals surface area contributed by atoms with Gasteiger partial charge in [-0.15, -0.1) is 0 Å². The van der Waals surface area contributed by atoms with Gasteiger partial charge in [-0.3, -0.25) is 0 Å². The van der Waals surface area contributed by atoms with Gasteiger partial charge in [-0.2, -0.15) is 4.39 Å². The maximum absolute atomic E-state index is 13.0. The minimum Gasteiger partial charge on any atom is -0.427 e. The highest BCUT2D eigenvalue weighted by Gasteiger charge is 2.50. The molecule has 0 radical (unpaired) electrons. The third kappa shape index (κ3) is 1.34. The number of carbonyl (C=O) groups excluding carboxylic acids is 2. The molecule has 7 heteroatoms. The quantitative estimate of drug-likeness (QED) is 0.589. The van der Waals surface area contributed by atoms with Crippen LogP contribution in [0.25, 0.3) is 0 Å². The van der Waals surface area contributed by atoms with E-state index in [9.17, 15) is 14.0 Å². The number of rotatable bonds is 1. The Balaban J connectivity index is 2.08. The molecule has 4 atom stereocenters. The molecule has 2 rings (SSSR count). The second-order valence-corrected chi connectivity index (χ2v) is 2.96. The van der Waals surface area contributed by atoms with Crippen LogP contribution in [0.3, 0.4) is 0 Å². The molecule has 0 aliphatic carbocycles. The fourth-order valence-electron chi connectivity index (χ4n) is 1.36. The second kappa shape index (κ2) is 3.00. The lowest BCUT2D eigenvalue weighted by Gasteiger charge is -2.16. The van der Waals surface area contributed by atoms with E-state index in [2.05, 4.69) is 18.9 Å². The average molecular weight is 206 g/mol. The smallest absolute Gasteiger partial charge is 0.427 e. The van der Waals surface area contributed by atoms with Crippen molar-refractivity contribution in [3.05, 3.63) is 0 Å². The standard InChI is InChI=1S/C7H7FO6/c1-2-3(12-6(9)11-2)4-5(8)14-7(10)13-4/h2-5H,1H3. The first-order valence-electron chi connectivity index (χ1n) is 3.96. The Morgan fingerprint density at radius 3 is 2.00 bits per heavy atom. The zero-order valence-electron chi connectivity index (χ0n) is 7.14. The predicted molar refractivity (Wildman–Crippen MR) is 37.1 cm³/mol. The van der Waals surface area contributed by atoms with Crippen LogP contribution < -0.4 is 0 Å². The minimum absolute atomic E-state index is 0.666. The highest BCUT2D eigenvalue weighted by molar-refractivity contribution is 5.64. The van der Waals surface area contributed by atoms with E-state index >= 15 is 0 Å². The van der Waals surface area contributed by atoms with Gasteiger partial charge in [0.25, 0.3) is 6.36 Å². The number of hydrogen-bond acceptors (Lipinski definition) is 6. The van der Waals surface area contributed by atoms with E-state index in [4.69, 9.17) is 0 Å². The van der Waals surface area contributed by atoms with Crippen LogP contribution in [0.15, 0.2) is 0 Å². The molecule has 0 bridgehead atoms. The van der Waals surface area contributed by atoms with Crippen LogP contribution in [0.2, 0.25) is 0 Å². The van der Waals surface area contributed by atoms with Gasteiger partial charge in [0.15, 0.2) is 6.10 Å². The summed E-state index contributed by atoms with van der Waals surface area (Å²) in [7, 11) is 0. The first-order valence-corrected chi connectivity index (χ1v) is 3.96. The fourth-order valence-corrected chi connectivity index (χ4v) is 1.36. The minimum atomic E-state index is -1.93. The second-order valence-electron chi connectivity index (χ2n) is 2.96. The number of cyclic esters (lactones) is 4. The van der Waals surface area contributed by atoms with Crippen LogP contribution in [0, 0.1) is 0 Å². The van der Waals surface area contributed by atoms with Gasteiger partial charge in [0.2, 0.25) is 6.10 Å². The van der Waals surface area contributed by atoms with E-state index in [-0.39, 0.29) is 0 Å². The molecule has 0 saturated carbocycles. The highest BCUT2D eigenvalue weighted by Crippen LogP contribution is 2.27. The van der Waals surface area contributed by atoms with Crippen molar-refractivity contribution in [2.24, 2.45) is 0 Å². The molecular formula is C7H7FO6. The first-order chi connectivity index (χ1) is 6.58. The lowest BCUT2D eigenvalue weighted by atomic mass is 10.1. The predicted octanol–water partition coefficient (Wildman–Crippen LogP) is 0.741. The van der Waals surface area contributed by atoms with Gasteiger partial charge in [-0.1, -0.05) is 0 Å². The molecular weight excluding hydrogens is 199 g/mol. The van der Waals surface area contributed by atoms with Crippen molar-refractivity contribution in [1.29, 1.82) is 0 Å². The third-order valence-electron chi connectivity index (χ3n) is 2.00. The summed E-state index contributed by atoms with van der Waals surface area (Å²) in [6.07, 6.45) is -6.81. The molecule has 0 amide bonds. The molecule has 2 aliphatic rings. The SMILES string of the molecule is CC1OC(=O)OC1C1OC(=O)OC1F. The Kier molecular flexibility index (Phi) is 1.94. The number of halogens is 1. The Hall–Kier alpha value is -1.53. The van der Waals surface area contributed by atoms with Crippen molar-refractivity contribution < 1.29 is 32.9 Å². The Morgan fingerprint density at radius 1 is 1.00 bits per heavy atom. The average Bonchev–Trinajstić information content (AvgIpc) is 2.55. The highest BCUT2D eigenvalue weighted by atomic mass is 19.1. The van der Waals surface area contributed by atoms with Gasteiger partial charge in [0, 0.05) is 0 Å². The Bertz CT molecular complexity index is 251. The third-order valence-corrected chi connectivity index (χ3v) is 2.00. The molecule has 0 aromatic carbocycles. The van der Waals surface area contributed by atoms with E-state index in [1.807, 2.05) is 0 Å². The fraction of sp³-hybridized carbons (Fsp3) is 0.714. The van der Waals surface area contributed by atoms with Crippen molar-refractivity contribution in [1.82, 2.24) is 0 Å². The summed E-state index contributed by atoms with van der Waals surface area (Å²) in [4.78, 5) is 21.2. The number of carbonyl (C=O) groups is 2. The van der Waals surface area contributed by atoms with Crippen LogP contribution in [-0.2, 0) is 18.9 Å². The van der Waals surface area contributed by atoms with Crippen molar-refractivity contribution in [2.45, 2.75) is 31.6 Å². The molecule has 0 N–H and O–H groups in total. The summed E-state index contributed by atoms with van der Waals surface area (Å²) in [5.74, 6) is 0. The summed E-state index contributed by atoms with van der Waals surface area (Å²) < 4.78 is 30.8. The number of hydrogen-bond donors (Lipinski definition) is 0. The molecule has 6 nitrogen and oxygen atoms in total. The molecule has 78 valence electrons. The lowest BCUT2D eigenvalue weighted by molar-refractivity contribution is -0.0345. The first kappa shape index (κ1) is 9.04. The molecule has 2 heterocycles. The maximum Gasteiger partial charge on any atom is 0.511 e. The molecule has 2 aliphatic heterocycles. The normalized spacial score (nSPS) is 41.3. The largest absolute Gasteiger partial charge is 0.511 e. The molecule has 2 saturated heterocycles. The molecule has 4 unspecified atom stereocenters. The maximum atomic E-state index is 13.0. The summed E-state index contributed by atoms with van der Waals surface area (Å²) >= 11 is 0. The van der Waals surface area contributed by atoms with E-state index in [0.717, 1.165) is 0 Å². The summed E-state index contributed by atoms with van der Waals surface area (Å²) in [6, 6.07) is 0. The number of ether oxygens (including phenoxy) is 4. The lowest BCUT2D eigenvalue weighted by Crippen LogP contribution is -2.38. The zero-order chi connectivity index (χ0) is 10.3. The van der Waals surface area contributed by atoms with E-state index < -0.39 is 37.0 Å². The van der Waals surface area contributed by atoms with Crippen LogP contribution >= 0.6 is 0 Å². The van der Waals surface area contributed by atoms with Crippen LogP contribution in [0.5, 0.6) is 0 Å². The summed E-state index contributed by atoms with van der Waals surface area (Å²) in [6.45, 7) is 1.51. The summed E-state index contributed by atoms with van der Waals surface area (Å²) in [5.41, 5.74) is 0. The van der Waals surface area contributed by atoms with Gasteiger partial charge in [0.1, 0.15) is 6.10 Å². The summed E-state index contributed by atoms with van der Waals surface area (Å²) in [5, 5.41) is 0. The molecule has 0 aromatic heterocycles. The van der Waals surface area contributed by atoms with Gasteiger partial charge < -0.3 is 18.9 Å². The van der Waals surface area contributed by atoms with Gasteiger partial charge in [-0.25, -0.2) is 9.59 Å². The van der Waals surface area contributed by atoms with E-state index in [1.54, 1.807) is 0 Å². The Morgan fingerprint density at radius 2 is 1.57 bits per heavy atom. The van der Waals surface area contributed by atoms with Crippen molar-refractivity contribution in [3.63, 3.8) is 0 Å². The molecule has 0 aromatic rings. The van der Waals surface area contributed by atoms with E-state index in [0.29, 0.717) is 0 Å². The van der Waals surface area contributed by atoms with Crippen molar-refractivity contribution in [3.8, 4) is 0 Å². The van der Waals surface area contributed by atoms with Crippen LogP contribution in [0.1, 0.15) is 6.92 Å². The zero-order valence-corrected chi connectivity index (χ0v) is 7.14. The van der Waals surface area contributed by atoms with E-state index in [1.165, 1.54) is 6.92 Å². The molecule has 2 fully saturated rings. The topological polar surface area (TPSA) is 71.1 Å². The van der Waals surface area contributed by atoms with Crippen LogP contribution in [-0.4, -0.2) is 37.0 Å². The monoisotopic (exact) mass is 206 g/mol. The molecule has 14 heavy (non-hydrogen) atoms. The van der Waals surface area contributed by atoms with Crippen molar-refractivity contribution >= 4 is 12.3 Å². The van der Waals surface area contributed by atoms with Gasteiger partial charge >= 0.3 is 12.3 Å². The molecule has 0 spiro atoms.